The lowest BCUT2D eigenvalue weighted by Crippen LogP contribution is -2.14. The highest BCUT2D eigenvalue weighted by Crippen LogP contribution is 2.24. The molecule has 0 radical (unpaired) electrons. The van der Waals surface area contributed by atoms with Gasteiger partial charge in [0.2, 0.25) is 0 Å². The Morgan fingerprint density at radius 2 is 2.00 bits per heavy atom. The van der Waals surface area contributed by atoms with Crippen molar-refractivity contribution in [3.8, 4) is 0 Å². The quantitative estimate of drug-likeness (QED) is 0.824. The summed E-state index contributed by atoms with van der Waals surface area (Å²) in [4.78, 5) is 12.0. The highest BCUT2D eigenvalue weighted by atomic mass is 35.5. The molecule has 98 valence electrons. The SMILES string of the molecule is Cc1ccc(Cl)c(NC(=O)c2cc(N)ccc2F)c1. The topological polar surface area (TPSA) is 55.1 Å². The summed E-state index contributed by atoms with van der Waals surface area (Å²) in [7, 11) is 0. The van der Waals surface area contributed by atoms with Gasteiger partial charge in [0.25, 0.3) is 5.91 Å². The van der Waals surface area contributed by atoms with Crippen LogP contribution in [0, 0.1) is 12.7 Å². The van der Waals surface area contributed by atoms with Crippen LogP contribution in [0.3, 0.4) is 0 Å². The molecule has 0 aliphatic rings. The standard InChI is InChI=1S/C14H12ClFN2O/c1-8-2-4-11(15)13(6-8)18-14(19)10-7-9(17)3-5-12(10)16/h2-7H,17H2,1H3,(H,18,19). The number of hydrogen-bond acceptors (Lipinski definition) is 2. The molecule has 2 rings (SSSR count). The summed E-state index contributed by atoms with van der Waals surface area (Å²) < 4.78 is 13.6. The van der Waals surface area contributed by atoms with Gasteiger partial charge < -0.3 is 11.1 Å². The van der Waals surface area contributed by atoms with E-state index in [0.29, 0.717) is 16.4 Å². The maximum Gasteiger partial charge on any atom is 0.258 e. The number of nitrogens with two attached hydrogens (primary N) is 1. The zero-order valence-electron chi connectivity index (χ0n) is 10.2. The average Bonchev–Trinajstić information content (AvgIpc) is 2.36. The Balaban J connectivity index is 2.30. The molecule has 3 nitrogen and oxygen atoms in total. The minimum atomic E-state index is -0.629. The Kier molecular flexibility index (Phi) is 3.71. The summed E-state index contributed by atoms with van der Waals surface area (Å²) in [5.41, 5.74) is 7.12. The van der Waals surface area contributed by atoms with Crippen LogP contribution in [0.2, 0.25) is 5.02 Å². The number of hydrogen-bond donors (Lipinski definition) is 2. The number of aryl methyl sites for hydroxylation is 1. The van der Waals surface area contributed by atoms with Crippen LogP contribution in [0.15, 0.2) is 36.4 Å². The Hall–Kier alpha value is -2.07. The zero-order valence-corrected chi connectivity index (χ0v) is 11.0. The molecular formula is C14H12ClFN2O. The normalized spacial score (nSPS) is 10.3. The van der Waals surface area contributed by atoms with Gasteiger partial charge >= 0.3 is 0 Å². The molecule has 0 spiro atoms. The first-order valence-corrected chi connectivity index (χ1v) is 5.97. The predicted octanol–water partition coefficient (Wildman–Crippen LogP) is 3.62. The lowest BCUT2D eigenvalue weighted by molar-refractivity contribution is 0.102. The molecule has 0 bridgehead atoms. The van der Waals surface area contributed by atoms with Gasteiger partial charge in [-0.05, 0) is 42.8 Å². The number of amides is 1. The van der Waals surface area contributed by atoms with Crippen molar-refractivity contribution in [2.75, 3.05) is 11.1 Å². The van der Waals surface area contributed by atoms with Gasteiger partial charge in [-0.1, -0.05) is 17.7 Å². The summed E-state index contributed by atoms with van der Waals surface area (Å²) in [6, 6.07) is 9.04. The molecule has 3 N–H and O–H groups in total. The summed E-state index contributed by atoms with van der Waals surface area (Å²) >= 11 is 5.97. The van der Waals surface area contributed by atoms with Crippen molar-refractivity contribution in [2.45, 2.75) is 6.92 Å². The van der Waals surface area contributed by atoms with Crippen LogP contribution in [0.1, 0.15) is 15.9 Å². The van der Waals surface area contributed by atoms with Crippen molar-refractivity contribution in [1.82, 2.24) is 0 Å². The number of carbonyl (C=O) groups is 1. The molecule has 0 fully saturated rings. The number of halogens is 2. The van der Waals surface area contributed by atoms with E-state index in [1.807, 2.05) is 13.0 Å². The Bertz CT molecular complexity index is 643. The number of nitrogen functional groups attached to an aromatic ring is 1. The van der Waals surface area contributed by atoms with Crippen molar-refractivity contribution in [3.05, 3.63) is 58.4 Å². The molecule has 2 aromatic carbocycles. The minimum absolute atomic E-state index is 0.113. The van der Waals surface area contributed by atoms with Gasteiger partial charge in [-0.3, -0.25) is 4.79 Å². The van der Waals surface area contributed by atoms with Gasteiger partial charge in [0.1, 0.15) is 5.82 Å². The van der Waals surface area contributed by atoms with Crippen molar-refractivity contribution in [2.24, 2.45) is 0 Å². The van der Waals surface area contributed by atoms with Crippen LogP contribution >= 0.6 is 11.6 Å². The van der Waals surface area contributed by atoms with E-state index in [0.717, 1.165) is 11.6 Å². The molecule has 19 heavy (non-hydrogen) atoms. The second kappa shape index (κ2) is 5.28. The van der Waals surface area contributed by atoms with Crippen LogP contribution in [0.4, 0.5) is 15.8 Å². The molecule has 0 saturated heterocycles. The lowest BCUT2D eigenvalue weighted by Gasteiger charge is -2.09. The van der Waals surface area contributed by atoms with Crippen molar-refractivity contribution >= 4 is 28.9 Å². The third-order valence-corrected chi connectivity index (χ3v) is 2.93. The number of carbonyl (C=O) groups excluding carboxylic acids is 1. The average molecular weight is 279 g/mol. The fourth-order valence-electron chi connectivity index (χ4n) is 1.64. The molecule has 0 atom stereocenters. The van der Waals surface area contributed by atoms with E-state index in [4.69, 9.17) is 17.3 Å². The molecule has 0 aliphatic carbocycles. The maximum atomic E-state index is 13.6. The lowest BCUT2D eigenvalue weighted by atomic mass is 10.1. The first kappa shape index (κ1) is 13.4. The first-order valence-electron chi connectivity index (χ1n) is 5.60. The number of nitrogens with one attached hydrogen (secondary N) is 1. The van der Waals surface area contributed by atoms with Crippen LogP contribution in [0.5, 0.6) is 0 Å². The van der Waals surface area contributed by atoms with Gasteiger partial charge in [-0.15, -0.1) is 0 Å². The molecule has 0 unspecified atom stereocenters. The molecule has 0 aliphatic heterocycles. The van der Waals surface area contributed by atoms with Gasteiger partial charge in [0.15, 0.2) is 0 Å². The zero-order chi connectivity index (χ0) is 14.0. The highest BCUT2D eigenvalue weighted by Gasteiger charge is 2.13. The summed E-state index contributed by atoms with van der Waals surface area (Å²) in [5, 5.41) is 2.96. The van der Waals surface area contributed by atoms with Crippen LogP contribution in [-0.4, -0.2) is 5.91 Å². The minimum Gasteiger partial charge on any atom is -0.399 e. The molecule has 0 saturated carbocycles. The maximum absolute atomic E-state index is 13.6. The monoisotopic (exact) mass is 278 g/mol. The van der Waals surface area contributed by atoms with Crippen molar-refractivity contribution < 1.29 is 9.18 Å². The van der Waals surface area contributed by atoms with Gasteiger partial charge in [-0.25, -0.2) is 4.39 Å². The van der Waals surface area contributed by atoms with Crippen molar-refractivity contribution in [1.29, 1.82) is 0 Å². The molecule has 2 aromatic rings. The Morgan fingerprint density at radius 3 is 2.74 bits per heavy atom. The fraction of sp³-hybridized carbons (Fsp3) is 0.0714. The van der Waals surface area contributed by atoms with Gasteiger partial charge in [0.05, 0.1) is 16.3 Å². The van der Waals surface area contributed by atoms with Crippen LogP contribution in [-0.2, 0) is 0 Å². The second-order valence-electron chi connectivity index (χ2n) is 4.18. The number of benzene rings is 2. The Labute approximate surface area is 115 Å². The van der Waals surface area contributed by atoms with E-state index in [-0.39, 0.29) is 5.56 Å². The molecule has 0 aromatic heterocycles. The van der Waals surface area contributed by atoms with Gasteiger partial charge in [0, 0.05) is 5.69 Å². The summed E-state index contributed by atoms with van der Waals surface area (Å²) in [5.74, 6) is -1.22. The van der Waals surface area contributed by atoms with E-state index < -0.39 is 11.7 Å². The first-order chi connectivity index (χ1) is 8.97. The van der Waals surface area contributed by atoms with E-state index in [1.165, 1.54) is 12.1 Å². The third kappa shape index (κ3) is 3.03. The van der Waals surface area contributed by atoms with E-state index >= 15 is 0 Å². The predicted molar refractivity (Wildman–Crippen MR) is 75.0 cm³/mol. The summed E-state index contributed by atoms with van der Waals surface area (Å²) in [6.07, 6.45) is 0. The Morgan fingerprint density at radius 1 is 1.26 bits per heavy atom. The highest BCUT2D eigenvalue weighted by molar-refractivity contribution is 6.34. The van der Waals surface area contributed by atoms with Gasteiger partial charge in [-0.2, -0.15) is 0 Å². The third-order valence-electron chi connectivity index (χ3n) is 2.61. The fourth-order valence-corrected chi connectivity index (χ4v) is 1.81. The number of anilines is 2. The van der Waals surface area contributed by atoms with E-state index in [2.05, 4.69) is 5.32 Å². The van der Waals surface area contributed by atoms with Crippen LogP contribution < -0.4 is 11.1 Å². The second-order valence-corrected chi connectivity index (χ2v) is 4.58. The largest absolute Gasteiger partial charge is 0.399 e. The van der Waals surface area contributed by atoms with Crippen LogP contribution in [0.25, 0.3) is 0 Å². The smallest absolute Gasteiger partial charge is 0.258 e. The summed E-state index contributed by atoms with van der Waals surface area (Å²) in [6.45, 7) is 1.87. The number of rotatable bonds is 2. The van der Waals surface area contributed by atoms with Crippen molar-refractivity contribution in [3.63, 3.8) is 0 Å². The molecule has 0 heterocycles. The molecule has 1 amide bonds. The van der Waals surface area contributed by atoms with E-state index in [9.17, 15) is 9.18 Å². The molecule has 5 heteroatoms. The van der Waals surface area contributed by atoms with E-state index in [1.54, 1.807) is 12.1 Å². The molecular weight excluding hydrogens is 267 g/mol.